The molecule has 0 spiro atoms. The monoisotopic (exact) mass is 288 g/mol. The summed E-state index contributed by atoms with van der Waals surface area (Å²) >= 11 is 1.87. The van der Waals surface area contributed by atoms with Crippen LogP contribution in [0.1, 0.15) is 44.2 Å². The van der Waals surface area contributed by atoms with Gasteiger partial charge in [-0.05, 0) is 55.2 Å². The molecule has 108 valence electrons. The molecular weight excluding hydrogens is 264 g/mol. The topological polar surface area (TPSA) is 24.4 Å². The minimum Gasteiger partial charge on any atom is -0.335 e. The molecule has 1 N–H and O–H groups in total. The quantitative estimate of drug-likeness (QED) is 0.867. The minimum absolute atomic E-state index is 0.485. The van der Waals surface area contributed by atoms with Gasteiger partial charge < -0.3 is 5.32 Å². The van der Waals surface area contributed by atoms with E-state index in [1.807, 2.05) is 11.8 Å². The Labute approximate surface area is 126 Å². The van der Waals surface area contributed by atoms with Crippen LogP contribution in [-0.4, -0.2) is 17.0 Å². The molecule has 0 fully saturated rings. The summed E-state index contributed by atoms with van der Waals surface area (Å²) in [6.07, 6.45) is 6.31. The number of thioether (sulfide) groups is 1. The lowest BCUT2D eigenvalue weighted by atomic mass is 9.90. The molecule has 1 unspecified atom stereocenters. The molecular formula is C17H24N2S. The highest BCUT2D eigenvalue weighted by Gasteiger charge is 2.20. The molecule has 1 aromatic carbocycles. The third-order valence-corrected chi connectivity index (χ3v) is 5.26. The molecule has 3 heteroatoms. The van der Waals surface area contributed by atoms with Crippen molar-refractivity contribution >= 4 is 22.6 Å². The van der Waals surface area contributed by atoms with E-state index in [1.54, 1.807) is 0 Å². The zero-order valence-corrected chi connectivity index (χ0v) is 13.3. The van der Waals surface area contributed by atoms with Gasteiger partial charge in [-0.25, -0.2) is 0 Å². The van der Waals surface area contributed by atoms with E-state index < -0.39 is 0 Å². The molecule has 3 rings (SSSR count). The number of aliphatic imine (C=N–C) groups is 1. The minimum atomic E-state index is 0.485. The fraction of sp³-hybridized carbons (Fsp3) is 0.588. The predicted octanol–water partition coefficient (Wildman–Crippen LogP) is 4.49. The molecule has 1 atom stereocenters. The van der Waals surface area contributed by atoms with Gasteiger partial charge in [-0.1, -0.05) is 37.7 Å². The Morgan fingerprint density at radius 2 is 2.10 bits per heavy atom. The van der Waals surface area contributed by atoms with Gasteiger partial charge in [0.15, 0.2) is 5.17 Å². The predicted molar refractivity (Wildman–Crippen MR) is 89.8 cm³/mol. The van der Waals surface area contributed by atoms with E-state index in [9.17, 15) is 0 Å². The Balaban J connectivity index is 1.81. The third-order valence-electron chi connectivity index (χ3n) is 4.34. The lowest BCUT2D eigenvalue weighted by molar-refractivity contribution is 0.485. The van der Waals surface area contributed by atoms with Crippen LogP contribution in [0.15, 0.2) is 23.2 Å². The van der Waals surface area contributed by atoms with Crippen LogP contribution >= 0.6 is 11.8 Å². The largest absolute Gasteiger partial charge is 0.335 e. The van der Waals surface area contributed by atoms with Crippen molar-refractivity contribution in [2.75, 3.05) is 11.1 Å². The van der Waals surface area contributed by atoms with Gasteiger partial charge in [-0.2, -0.15) is 0 Å². The molecule has 0 bridgehead atoms. The van der Waals surface area contributed by atoms with Crippen molar-refractivity contribution in [3.05, 3.63) is 29.3 Å². The molecule has 1 aromatic rings. The zero-order valence-electron chi connectivity index (χ0n) is 12.5. The van der Waals surface area contributed by atoms with E-state index in [2.05, 4.69) is 37.4 Å². The molecule has 2 nitrogen and oxygen atoms in total. The number of hydrogen-bond acceptors (Lipinski definition) is 3. The molecule has 1 heterocycles. The summed E-state index contributed by atoms with van der Waals surface area (Å²) in [4.78, 5) is 4.89. The first kappa shape index (κ1) is 14.0. The first-order valence-electron chi connectivity index (χ1n) is 7.82. The fourth-order valence-corrected chi connectivity index (χ4v) is 4.04. The van der Waals surface area contributed by atoms with E-state index in [0.29, 0.717) is 12.0 Å². The summed E-state index contributed by atoms with van der Waals surface area (Å²) in [5, 5.41) is 4.73. The van der Waals surface area contributed by atoms with Gasteiger partial charge in [0.05, 0.1) is 6.04 Å². The van der Waals surface area contributed by atoms with Crippen LogP contribution in [0.2, 0.25) is 0 Å². The molecule has 1 aliphatic carbocycles. The number of anilines is 1. The van der Waals surface area contributed by atoms with Gasteiger partial charge in [-0.15, -0.1) is 0 Å². The summed E-state index contributed by atoms with van der Waals surface area (Å²) < 4.78 is 0. The van der Waals surface area contributed by atoms with Crippen LogP contribution < -0.4 is 5.32 Å². The fourth-order valence-electron chi connectivity index (χ4n) is 3.09. The number of nitrogens with one attached hydrogen (secondary N) is 1. The van der Waals surface area contributed by atoms with E-state index >= 15 is 0 Å². The highest BCUT2D eigenvalue weighted by atomic mass is 32.2. The van der Waals surface area contributed by atoms with Crippen molar-refractivity contribution in [1.82, 2.24) is 0 Å². The maximum Gasteiger partial charge on any atom is 0.161 e. The Bertz CT molecular complexity index is 508. The maximum atomic E-state index is 4.89. The van der Waals surface area contributed by atoms with Crippen LogP contribution in [0.4, 0.5) is 5.69 Å². The molecule has 0 amide bonds. The van der Waals surface area contributed by atoms with Crippen LogP contribution in [0.3, 0.4) is 0 Å². The molecule has 20 heavy (non-hydrogen) atoms. The van der Waals surface area contributed by atoms with Gasteiger partial charge in [0.1, 0.15) is 0 Å². The van der Waals surface area contributed by atoms with Crippen molar-refractivity contribution in [3.8, 4) is 0 Å². The van der Waals surface area contributed by atoms with Crippen molar-refractivity contribution < 1.29 is 0 Å². The number of benzene rings is 1. The van der Waals surface area contributed by atoms with Crippen molar-refractivity contribution in [2.24, 2.45) is 10.9 Å². The van der Waals surface area contributed by atoms with Crippen molar-refractivity contribution in [3.63, 3.8) is 0 Å². The van der Waals surface area contributed by atoms with Gasteiger partial charge >= 0.3 is 0 Å². The normalized spacial score (nSPS) is 22.4. The van der Waals surface area contributed by atoms with Gasteiger partial charge in [-0.3, -0.25) is 4.99 Å². The number of nitrogens with zero attached hydrogens (tertiary/aromatic N) is 1. The average molecular weight is 288 g/mol. The van der Waals surface area contributed by atoms with Crippen molar-refractivity contribution in [2.45, 2.75) is 52.0 Å². The molecule has 2 aliphatic rings. The van der Waals surface area contributed by atoms with Crippen LogP contribution in [0, 0.1) is 5.92 Å². The lowest BCUT2D eigenvalue weighted by Crippen LogP contribution is -2.24. The van der Waals surface area contributed by atoms with Gasteiger partial charge in [0, 0.05) is 11.4 Å². The number of fused-ring (bicyclic) bond motifs is 1. The zero-order chi connectivity index (χ0) is 13.9. The first-order chi connectivity index (χ1) is 9.74. The Hall–Kier alpha value is -0.960. The standard InChI is InChI=1S/C17H24N2S/c1-12(2)15-10-11-20-17(18-15)19-16-9-5-7-13-6-3-4-8-14(13)16/h5,7,9,12,15H,3-4,6,8,10-11H2,1-2H3,(H,18,19). The molecule has 0 saturated heterocycles. The second-order valence-electron chi connectivity index (χ2n) is 6.16. The SMILES string of the molecule is CC(C)C1CCSC(Nc2cccc3c2CCCC3)=N1. The Morgan fingerprint density at radius 1 is 1.25 bits per heavy atom. The Kier molecular flexibility index (Phi) is 4.35. The summed E-state index contributed by atoms with van der Waals surface area (Å²) in [6.45, 7) is 4.54. The number of amidine groups is 1. The molecule has 0 aromatic heterocycles. The number of rotatable bonds is 2. The summed E-state index contributed by atoms with van der Waals surface area (Å²) in [6, 6.07) is 7.16. The van der Waals surface area contributed by atoms with Crippen molar-refractivity contribution in [1.29, 1.82) is 0 Å². The van der Waals surface area contributed by atoms with E-state index in [1.165, 1.54) is 54.7 Å². The Morgan fingerprint density at radius 3 is 2.95 bits per heavy atom. The van der Waals surface area contributed by atoms with Gasteiger partial charge in [0.25, 0.3) is 0 Å². The van der Waals surface area contributed by atoms with E-state index in [4.69, 9.17) is 4.99 Å². The number of hydrogen-bond donors (Lipinski definition) is 1. The van der Waals surface area contributed by atoms with E-state index in [-0.39, 0.29) is 0 Å². The molecule has 0 radical (unpaired) electrons. The first-order valence-corrected chi connectivity index (χ1v) is 8.81. The molecule has 0 saturated carbocycles. The van der Waals surface area contributed by atoms with E-state index in [0.717, 1.165) is 5.17 Å². The van der Waals surface area contributed by atoms with Crippen LogP contribution in [0.5, 0.6) is 0 Å². The van der Waals surface area contributed by atoms with Crippen LogP contribution in [-0.2, 0) is 12.8 Å². The summed E-state index contributed by atoms with van der Waals surface area (Å²) in [5.41, 5.74) is 4.34. The smallest absolute Gasteiger partial charge is 0.161 e. The number of aryl methyl sites for hydroxylation is 1. The molecule has 1 aliphatic heterocycles. The highest BCUT2D eigenvalue weighted by Crippen LogP contribution is 2.30. The van der Waals surface area contributed by atoms with Gasteiger partial charge in [0.2, 0.25) is 0 Å². The highest BCUT2D eigenvalue weighted by molar-refractivity contribution is 8.14. The second-order valence-corrected chi connectivity index (χ2v) is 7.24. The van der Waals surface area contributed by atoms with Crippen LogP contribution in [0.25, 0.3) is 0 Å². The summed E-state index contributed by atoms with van der Waals surface area (Å²) in [7, 11) is 0. The lowest BCUT2D eigenvalue weighted by Gasteiger charge is -2.25. The third kappa shape index (κ3) is 3.03. The summed E-state index contributed by atoms with van der Waals surface area (Å²) in [5.74, 6) is 1.82. The average Bonchev–Trinajstić information content (AvgIpc) is 2.48. The maximum absolute atomic E-state index is 4.89. The second kappa shape index (κ2) is 6.21.